The van der Waals surface area contributed by atoms with E-state index < -0.39 is 0 Å². The molecule has 1 N–H and O–H groups in total. The van der Waals surface area contributed by atoms with E-state index >= 15 is 0 Å². The van der Waals surface area contributed by atoms with Gasteiger partial charge < -0.3 is 5.32 Å². The monoisotopic (exact) mass is 280 g/mol. The molecular weight excluding hydrogens is 252 g/mol. The minimum atomic E-state index is 0.531. The fraction of sp³-hybridized carbons (Fsp3) is 0.750. The Balaban J connectivity index is 1.94. The standard InChI is InChI=1S/C16H28N2S/c1-3-17-13-16(9-5-6-10-16)14-18(4-2)12-15-8-7-11-19-15/h7-8,11,17H,3-6,9-10,12-14H2,1-2H3. The van der Waals surface area contributed by atoms with Crippen molar-refractivity contribution >= 4 is 11.3 Å². The zero-order chi connectivity index (χ0) is 13.6. The summed E-state index contributed by atoms with van der Waals surface area (Å²) in [7, 11) is 0. The van der Waals surface area contributed by atoms with Gasteiger partial charge in [0.2, 0.25) is 0 Å². The van der Waals surface area contributed by atoms with Crippen LogP contribution in [0.4, 0.5) is 0 Å². The number of hydrogen-bond donors (Lipinski definition) is 1. The minimum Gasteiger partial charge on any atom is -0.316 e. The summed E-state index contributed by atoms with van der Waals surface area (Å²) in [6, 6.07) is 4.43. The molecule has 0 bridgehead atoms. The molecule has 0 saturated heterocycles. The Bertz CT molecular complexity index is 342. The second kappa shape index (κ2) is 7.41. The van der Waals surface area contributed by atoms with Crippen LogP contribution in [0.1, 0.15) is 44.4 Å². The summed E-state index contributed by atoms with van der Waals surface area (Å²) in [6.07, 6.45) is 5.64. The molecule has 2 nitrogen and oxygen atoms in total. The molecule has 1 aliphatic carbocycles. The van der Waals surface area contributed by atoms with Gasteiger partial charge in [0.25, 0.3) is 0 Å². The lowest BCUT2D eigenvalue weighted by Crippen LogP contribution is -2.42. The number of thiophene rings is 1. The van der Waals surface area contributed by atoms with Crippen molar-refractivity contribution in [1.29, 1.82) is 0 Å². The largest absolute Gasteiger partial charge is 0.316 e. The normalized spacial score (nSPS) is 18.3. The zero-order valence-electron chi connectivity index (χ0n) is 12.5. The molecule has 0 atom stereocenters. The van der Waals surface area contributed by atoms with Crippen LogP contribution in [-0.4, -0.2) is 31.1 Å². The van der Waals surface area contributed by atoms with Crippen LogP contribution in [0.5, 0.6) is 0 Å². The van der Waals surface area contributed by atoms with Gasteiger partial charge in [-0.1, -0.05) is 32.8 Å². The predicted molar refractivity (Wildman–Crippen MR) is 84.7 cm³/mol. The molecule has 1 aromatic heterocycles. The maximum Gasteiger partial charge on any atom is 0.0328 e. The van der Waals surface area contributed by atoms with E-state index in [1.165, 1.54) is 43.6 Å². The third-order valence-electron chi connectivity index (χ3n) is 4.38. The fourth-order valence-corrected chi connectivity index (χ4v) is 4.03. The van der Waals surface area contributed by atoms with Crippen molar-refractivity contribution < 1.29 is 0 Å². The Morgan fingerprint density at radius 3 is 2.68 bits per heavy atom. The van der Waals surface area contributed by atoms with E-state index in [1.807, 2.05) is 11.3 Å². The van der Waals surface area contributed by atoms with Gasteiger partial charge in [-0.05, 0) is 42.8 Å². The van der Waals surface area contributed by atoms with E-state index in [0.717, 1.165) is 19.6 Å². The second-order valence-electron chi connectivity index (χ2n) is 5.87. The average molecular weight is 280 g/mol. The molecular formula is C16H28N2S. The first kappa shape index (κ1) is 15.0. The third-order valence-corrected chi connectivity index (χ3v) is 5.24. The van der Waals surface area contributed by atoms with E-state index in [1.54, 1.807) is 0 Å². The first-order valence-electron chi connectivity index (χ1n) is 7.73. The molecule has 0 unspecified atom stereocenters. The lowest BCUT2D eigenvalue weighted by atomic mass is 9.85. The molecule has 0 spiro atoms. The van der Waals surface area contributed by atoms with Gasteiger partial charge in [-0.2, -0.15) is 0 Å². The topological polar surface area (TPSA) is 15.3 Å². The molecule has 0 aliphatic heterocycles. The van der Waals surface area contributed by atoms with Gasteiger partial charge in [-0.25, -0.2) is 0 Å². The maximum atomic E-state index is 3.60. The predicted octanol–water partition coefficient (Wildman–Crippen LogP) is 3.74. The summed E-state index contributed by atoms with van der Waals surface area (Å²) in [5.41, 5.74) is 0.531. The van der Waals surface area contributed by atoms with Crippen LogP contribution >= 0.6 is 11.3 Å². The molecule has 1 heterocycles. The van der Waals surface area contributed by atoms with E-state index in [9.17, 15) is 0 Å². The summed E-state index contributed by atoms with van der Waals surface area (Å²) in [4.78, 5) is 4.13. The Morgan fingerprint density at radius 2 is 2.11 bits per heavy atom. The maximum absolute atomic E-state index is 3.60. The lowest BCUT2D eigenvalue weighted by molar-refractivity contribution is 0.149. The van der Waals surface area contributed by atoms with Crippen molar-refractivity contribution in [2.75, 3.05) is 26.2 Å². The highest BCUT2D eigenvalue weighted by molar-refractivity contribution is 7.09. The molecule has 0 radical (unpaired) electrons. The quantitative estimate of drug-likeness (QED) is 0.780. The molecule has 1 aromatic rings. The van der Waals surface area contributed by atoms with E-state index in [0.29, 0.717) is 5.41 Å². The minimum absolute atomic E-state index is 0.531. The Labute approximate surface area is 122 Å². The lowest BCUT2D eigenvalue weighted by Gasteiger charge is -2.35. The molecule has 19 heavy (non-hydrogen) atoms. The second-order valence-corrected chi connectivity index (χ2v) is 6.90. The van der Waals surface area contributed by atoms with Gasteiger partial charge in [0, 0.05) is 24.5 Å². The summed E-state index contributed by atoms with van der Waals surface area (Å²) in [5, 5.41) is 5.78. The fourth-order valence-electron chi connectivity index (χ4n) is 3.28. The number of rotatable bonds is 8. The van der Waals surface area contributed by atoms with Crippen LogP contribution in [0, 0.1) is 5.41 Å². The van der Waals surface area contributed by atoms with Crippen molar-refractivity contribution in [3.05, 3.63) is 22.4 Å². The third kappa shape index (κ3) is 4.30. The molecule has 3 heteroatoms. The number of nitrogens with one attached hydrogen (secondary N) is 1. The van der Waals surface area contributed by atoms with Gasteiger partial charge in [-0.15, -0.1) is 11.3 Å². The van der Waals surface area contributed by atoms with Crippen LogP contribution in [0.15, 0.2) is 17.5 Å². The van der Waals surface area contributed by atoms with Crippen LogP contribution in [0.3, 0.4) is 0 Å². The van der Waals surface area contributed by atoms with Crippen molar-refractivity contribution in [3.63, 3.8) is 0 Å². The van der Waals surface area contributed by atoms with Crippen LogP contribution in [-0.2, 0) is 6.54 Å². The molecule has 0 amide bonds. The van der Waals surface area contributed by atoms with Crippen molar-refractivity contribution in [1.82, 2.24) is 10.2 Å². The van der Waals surface area contributed by atoms with E-state index in [-0.39, 0.29) is 0 Å². The van der Waals surface area contributed by atoms with E-state index in [2.05, 4.69) is 41.6 Å². The molecule has 1 saturated carbocycles. The van der Waals surface area contributed by atoms with Crippen molar-refractivity contribution in [2.45, 2.75) is 46.1 Å². The highest BCUT2D eigenvalue weighted by Crippen LogP contribution is 2.38. The van der Waals surface area contributed by atoms with Gasteiger partial charge in [0.1, 0.15) is 0 Å². The van der Waals surface area contributed by atoms with E-state index in [4.69, 9.17) is 0 Å². The molecule has 1 aliphatic rings. The van der Waals surface area contributed by atoms with Crippen molar-refractivity contribution in [2.24, 2.45) is 5.41 Å². The first-order chi connectivity index (χ1) is 9.28. The smallest absolute Gasteiger partial charge is 0.0328 e. The molecule has 108 valence electrons. The van der Waals surface area contributed by atoms with Crippen LogP contribution in [0.2, 0.25) is 0 Å². The highest BCUT2D eigenvalue weighted by Gasteiger charge is 2.34. The Hall–Kier alpha value is -0.380. The molecule has 1 fully saturated rings. The SMILES string of the molecule is CCNCC1(CN(CC)Cc2cccs2)CCCC1. The van der Waals surface area contributed by atoms with Crippen LogP contribution < -0.4 is 5.32 Å². The number of nitrogens with zero attached hydrogens (tertiary/aromatic N) is 1. The number of hydrogen-bond acceptors (Lipinski definition) is 3. The highest BCUT2D eigenvalue weighted by atomic mass is 32.1. The van der Waals surface area contributed by atoms with Gasteiger partial charge >= 0.3 is 0 Å². The first-order valence-corrected chi connectivity index (χ1v) is 8.61. The average Bonchev–Trinajstić information content (AvgIpc) is 3.08. The molecule has 2 rings (SSSR count). The summed E-state index contributed by atoms with van der Waals surface area (Å²) >= 11 is 1.88. The zero-order valence-corrected chi connectivity index (χ0v) is 13.3. The van der Waals surface area contributed by atoms with Gasteiger partial charge in [0.15, 0.2) is 0 Å². The van der Waals surface area contributed by atoms with Crippen molar-refractivity contribution in [3.8, 4) is 0 Å². The van der Waals surface area contributed by atoms with Crippen LogP contribution in [0.25, 0.3) is 0 Å². The summed E-state index contributed by atoms with van der Waals surface area (Å²) in [5.74, 6) is 0. The summed E-state index contributed by atoms with van der Waals surface area (Å²) in [6.45, 7) is 10.3. The Morgan fingerprint density at radius 1 is 1.32 bits per heavy atom. The van der Waals surface area contributed by atoms with Gasteiger partial charge in [-0.3, -0.25) is 4.90 Å². The Kier molecular flexibility index (Phi) is 5.86. The van der Waals surface area contributed by atoms with Gasteiger partial charge in [0.05, 0.1) is 0 Å². The molecule has 0 aromatic carbocycles. The summed E-state index contributed by atoms with van der Waals surface area (Å²) < 4.78 is 0.